The number of hydrogen-bond donors (Lipinski definition) is 2. The average Bonchev–Trinajstić information content (AvgIpc) is 3.52. The van der Waals surface area contributed by atoms with Crippen molar-refractivity contribution >= 4 is 67.1 Å². The molecule has 2 atom stereocenters. The van der Waals surface area contributed by atoms with E-state index in [9.17, 15) is 9.59 Å². The maximum Gasteiger partial charge on any atom is 0.253 e. The summed E-state index contributed by atoms with van der Waals surface area (Å²) in [7, 11) is 0. The first-order chi connectivity index (χ1) is 15.2. The molecule has 2 aromatic rings. The molecule has 2 heterocycles. The first kappa shape index (κ1) is 23.0. The Balaban J connectivity index is 1.60. The number of halogens is 3. The molecule has 2 amide bonds. The van der Waals surface area contributed by atoms with E-state index in [1.807, 2.05) is 6.92 Å². The number of nitrogens with zero attached hydrogens (tertiary/aromatic N) is 3. The Morgan fingerprint density at radius 3 is 2.72 bits per heavy atom. The largest absolute Gasteiger partial charge is 0.349 e. The van der Waals surface area contributed by atoms with Gasteiger partial charge in [-0.15, -0.1) is 0 Å². The fourth-order valence-corrected chi connectivity index (χ4v) is 4.67. The molecule has 32 heavy (non-hydrogen) atoms. The summed E-state index contributed by atoms with van der Waals surface area (Å²) in [4.78, 5) is 30.6. The van der Waals surface area contributed by atoms with Gasteiger partial charge in [-0.2, -0.15) is 5.10 Å². The van der Waals surface area contributed by atoms with Crippen LogP contribution < -0.4 is 15.6 Å². The minimum Gasteiger partial charge on any atom is -0.349 e. The number of amides is 2. The minimum atomic E-state index is -0.687. The number of aryl methyl sites for hydroxylation is 1. The van der Waals surface area contributed by atoms with Crippen LogP contribution in [0.3, 0.4) is 0 Å². The van der Waals surface area contributed by atoms with E-state index in [1.165, 1.54) is 5.01 Å². The second kappa shape index (κ2) is 9.37. The Morgan fingerprint density at radius 2 is 2.03 bits per heavy atom. The number of pyridine rings is 1. The van der Waals surface area contributed by atoms with Gasteiger partial charge in [0.1, 0.15) is 10.7 Å². The number of hydrazone groups is 1. The lowest BCUT2D eigenvalue weighted by Gasteiger charge is -2.24. The summed E-state index contributed by atoms with van der Waals surface area (Å²) in [6.07, 6.45) is 4.15. The van der Waals surface area contributed by atoms with Gasteiger partial charge >= 0.3 is 0 Å². The highest BCUT2D eigenvalue weighted by atomic mass is 79.9. The summed E-state index contributed by atoms with van der Waals surface area (Å²) >= 11 is 15.9. The van der Waals surface area contributed by atoms with Crippen LogP contribution in [0.5, 0.6) is 0 Å². The van der Waals surface area contributed by atoms with E-state index in [2.05, 4.69) is 36.6 Å². The van der Waals surface area contributed by atoms with Crippen LogP contribution in [-0.4, -0.2) is 33.5 Å². The smallest absolute Gasteiger partial charge is 0.253 e. The Morgan fingerprint density at radius 1 is 1.28 bits per heavy atom. The second-order valence-electron chi connectivity index (χ2n) is 8.08. The zero-order chi connectivity index (χ0) is 23.0. The van der Waals surface area contributed by atoms with E-state index >= 15 is 0 Å². The van der Waals surface area contributed by atoms with Crippen LogP contribution in [0.2, 0.25) is 10.0 Å². The molecule has 1 aliphatic heterocycles. The second-order valence-corrected chi connectivity index (χ2v) is 9.84. The standard InChI is InChI=1S/C22H22BrCl2N5O2/c1-11-8-14(24)9-15(21(31)27-12(2)13-5-6-13)19(11)28-22(32)17-10-18(23)29-30(17)20-16(25)4-3-7-26-20/h3-4,7-9,12-13,17H,5-6,10H2,1-2H3,(H,27,31)(H,28,32). The van der Waals surface area contributed by atoms with Gasteiger partial charge in [0.15, 0.2) is 5.82 Å². The molecule has 2 aliphatic rings. The Hall–Kier alpha value is -2.16. The molecule has 0 spiro atoms. The molecule has 7 nitrogen and oxygen atoms in total. The molecule has 0 bridgehead atoms. The van der Waals surface area contributed by atoms with E-state index in [0.29, 0.717) is 49.6 Å². The van der Waals surface area contributed by atoms with Crippen molar-refractivity contribution in [2.24, 2.45) is 11.0 Å². The van der Waals surface area contributed by atoms with Crippen LogP contribution in [0.4, 0.5) is 11.5 Å². The van der Waals surface area contributed by atoms with Gasteiger partial charge in [0.2, 0.25) is 5.91 Å². The summed E-state index contributed by atoms with van der Waals surface area (Å²) in [6.45, 7) is 3.80. The van der Waals surface area contributed by atoms with E-state index in [0.717, 1.165) is 12.8 Å². The number of nitrogens with one attached hydrogen (secondary N) is 2. The zero-order valence-electron chi connectivity index (χ0n) is 17.5. The molecule has 1 aromatic heterocycles. The molecule has 1 aliphatic carbocycles. The molecule has 4 rings (SSSR count). The third kappa shape index (κ3) is 4.92. The van der Waals surface area contributed by atoms with Crippen molar-refractivity contribution < 1.29 is 9.59 Å². The van der Waals surface area contributed by atoms with Crippen molar-refractivity contribution in [3.05, 3.63) is 51.6 Å². The molecule has 1 aromatic carbocycles. The number of hydrogen-bond acceptors (Lipinski definition) is 5. The molecule has 10 heteroatoms. The number of carbonyl (C=O) groups excluding carboxylic acids is 2. The van der Waals surface area contributed by atoms with E-state index < -0.39 is 6.04 Å². The number of benzene rings is 1. The highest BCUT2D eigenvalue weighted by Crippen LogP contribution is 2.34. The summed E-state index contributed by atoms with van der Waals surface area (Å²) < 4.78 is 0.600. The third-order valence-corrected chi connectivity index (χ3v) is 6.61. The Kier molecular flexibility index (Phi) is 6.74. The number of anilines is 2. The molecule has 1 saturated carbocycles. The number of rotatable bonds is 6. The third-order valence-electron chi connectivity index (χ3n) is 5.61. The van der Waals surface area contributed by atoms with Crippen LogP contribution >= 0.6 is 39.1 Å². The maximum atomic E-state index is 13.3. The molecule has 168 valence electrons. The lowest BCUT2D eigenvalue weighted by Crippen LogP contribution is -2.40. The topological polar surface area (TPSA) is 86.7 Å². The highest BCUT2D eigenvalue weighted by Gasteiger charge is 2.36. The monoisotopic (exact) mass is 537 g/mol. The van der Waals surface area contributed by atoms with E-state index in [4.69, 9.17) is 23.2 Å². The summed E-state index contributed by atoms with van der Waals surface area (Å²) in [5, 5.41) is 12.6. The quantitative estimate of drug-likeness (QED) is 0.532. The molecule has 0 saturated heterocycles. The van der Waals surface area contributed by atoms with Crippen LogP contribution in [0.25, 0.3) is 0 Å². The van der Waals surface area contributed by atoms with Gasteiger partial charge in [0.25, 0.3) is 5.91 Å². The van der Waals surface area contributed by atoms with Gasteiger partial charge < -0.3 is 10.6 Å². The predicted octanol–water partition coefficient (Wildman–Crippen LogP) is 5.15. The van der Waals surface area contributed by atoms with Crippen molar-refractivity contribution in [3.63, 3.8) is 0 Å². The van der Waals surface area contributed by atoms with E-state index in [-0.39, 0.29) is 17.9 Å². The normalized spacial score (nSPS) is 18.8. The maximum absolute atomic E-state index is 13.3. The SMILES string of the molecule is Cc1cc(Cl)cc(C(=O)NC(C)C2CC2)c1NC(=O)C1CC(Br)=NN1c1ncccc1Cl. The van der Waals surface area contributed by atoms with Gasteiger partial charge in [0, 0.05) is 23.7 Å². The van der Waals surface area contributed by atoms with Crippen LogP contribution in [0, 0.1) is 12.8 Å². The van der Waals surface area contributed by atoms with Crippen LogP contribution in [0.1, 0.15) is 42.1 Å². The lowest BCUT2D eigenvalue weighted by molar-refractivity contribution is -0.117. The van der Waals surface area contributed by atoms with Gasteiger partial charge in [-0.1, -0.05) is 23.2 Å². The average molecular weight is 539 g/mol. The van der Waals surface area contributed by atoms with E-state index in [1.54, 1.807) is 37.4 Å². The van der Waals surface area contributed by atoms with Crippen molar-refractivity contribution in [3.8, 4) is 0 Å². The van der Waals surface area contributed by atoms with Crippen LogP contribution in [-0.2, 0) is 4.79 Å². The fourth-order valence-electron chi connectivity index (χ4n) is 3.71. The summed E-state index contributed by atoms with van der Waals surface area (Å²) in [5.74, 6) is 0.285. The zero-order valence-corrected chi connectivity index (χ0v) is 20.6. The van der Waals surface area contributed by atoms with Crippen molar-refractivity contribution in [1.29, 1.82) is 0 Å². The first-order valence-electron chi connectivity index (χ1n) is 10.3. The fraction of sp³-hybridized carbons (Fsp3) is 0.364. The molecule has 2 unspecified atom stereocenters. The van der Waals surface area contributed by atoms with Crippen molar-refractivity contribution in [2.75, 3.05) is 10.3 Å². The number of aromatic nitrogens is 1. The van der Waals surface area contributed by atoms with Crippen molar-refractivity contribution in [1.82, 2.24) is 10.3 Å². The molecule has 2 N–H and O–H groups in total. The molecule has 0 radical (unpaired) electrons. The van der Waals surface area contributed by atoms with Gasteiger partial charge in [-0.05, 0) is 78.4 Å². The minimum absolute atomic E-state index is 0.0614. The van der Waals surface area contributed by atoms with Gasteiger partial charge in [-0.3, -0.25) is 9.59 Å². The van der Waals surface area contributed by atoms with Gasteiger partial charge in [0.05, 0.1) is 16.3 Å². The van der Waals surface area contributed by atoms with Crippen molar-refractivity contribution in [2.45, 2.75) is 45.2 Å². The Labute approximate surface area is 204 Å². The molecular weight excluding hydrogens is 517 g/mol. The van der Waals surface area contributed by atoms with Crippen LogP contribution in [0.15, 0.2) is 35.6 Å². The molecular formula is C22H22BrCl2N5O2. The first-order valence-corrected chi connectivity index (χ1v) is 11.8. The summed E-state index contributed by atoms with van der Waals surface area (Å²) in [6, 6.07) is 6.06. The lowest BCUT2D eigenvalue weighted by atomic mass is 10.1. The molecule has 1 fully saturated rings. The summed E-state index contributed by atoms with van der Waals surface area (Å²) in [5.41, 5.74) is 1.45. The predicted molar refractivity (Wildman–Crippen MR) is 131 cm³/mol. The Bertz CT molecular complexity index is 1110. The number of carbonyl (C=O) groups is 2. The van der Waals surface area contributed by atoms with Gasteiger partial charge in [-0.25, -0.2) is 9.99 Å². The highest BCUT2D eigenvalue weighted by molar-refractivity contribution is 9.18.